The Hall–Kier alpha value is -0.930. The van der Waals surface area contributed by atoms with Crippen molar-refractivity contribution in [3.05, 3.63) is 23.8 Å². The van der Waals surface area contributed by atoms with Gasteiger partial charge in [-0.3, -0.25) is 0 Å². The highest BCUT2D eigenvalue weighted by molar-refractivity contribution is 5.85. The number of piperidine rings is 1. The van der Waals surface area contributed by atoms with Crippen LogP contribution in [0, 0.1) is 5.92 Å². The van der Waals surface area contributed by atoms with Gasteiger partial charge in [0, 0.05) is 17.5 Å². The van der Waals surface area contributed by atoms with Gasteiger partial charge in [0.1, 0.15) is 6.10 Å². The Morgan fingerprint density at radius 1 is 1.33 bits per heavy atom. The van der Waals surface area contributed by atoms with Gasteiger partial charge in [-0.25, -0.2) is 0 Å². The lowest BCUT2D eigenvalue weighted by Gasteiger charge is -2.50. The number of rotatable bonds is 1. The summed E-state index contributed by atoms with van der Waals surface area (Å²) in [7, 11) is 3.99. The molecule has 1 aromatic rings. The van der Waals surface area contributed by atoms with Gasteiger partial charge < -0.3 is 14.4 Å². The third kappa shape index (κ3) is 1.97. The maximum absolute atomic E-state index is 6.38. The predicted octanol–water partition coefficient (Wildman–Crippen LogP) is 3.25. The van der Waals surface area contributed by atoms with Crippen LogP contribution in [0.5, 0.6) is 11.5 Å². The molecule has 116 valence electrons. The summed E-state index contributed by atoms with van der Waals surface area (Å²) in [5.74, 6) is 2.66. The molecule has 2 fully saturated rings. The van der Waals surface area contributed by atoms with Crippen LogP contribution in [0.1, 0.15) is 31.2 Å². The van der Waals surface area contributed by atoms with Crippen LogP contribution in [-0.4, -0.2) is 38.3 Å². The first-order valence-corrected chi connectivity index (χ1v) is 7.78. The van der Waals surface area contributed by atoms with E-state index in [9.17, 15) is 0 Å². The second-order valence-corrected chi connectivity index (χ2v) is 6.62. The second kappa shape index (κ2) is 5.36. The minimum Gasteiger partial charge on any atom is -0.493 e. The molecular weight excluding hydrogens is 286 g/mol. The first-order chi connectivity index (χ1) is 9.75. The normalized spacial score (nSPS) is 34.0. The average molecular weight is 310 g/mol. The quantitative estimate of drug-likeness (QED) is 0.795. The highest BCUT2D eigenvalue weighted by atomic mass is 35.5. The van der Waals surface area contributed by atoms with Crippen molar-refractivity contribution in [3.63, 3.8) is 0 Å². The molecule has 1 spiro atoms. The summed E-state index contributed by atoms with van der Waals surface area (Å²) in [6.07, 6.45) is 5.40. The summed E-state index contributed by atoms with van der Waals surface area (Å²) in [5.41, 5.74) is 1.66. The van der Waals surface area contributed by atoms with Gasteiger partial charge in [-0.05, 0) is 51.3 Å². The van der Waals surface area contributed by atoms with Crippen LogP contribution in [0.15, 0.2) is 18.2 Å². The number of hydrogen-bond donors (Lipinski definition) is 0. The lowest BCUT2D eigenvalue weighted by Crippen LogP contribution is -2.55. The van der Waals surface area contributed by atoms with E-state index in [4.69, 9.17) is 9.47 Å². The van der Waals surface area contributed by atoms with E-state index in [1.807, 2.05) is 6.07 Å². The zero-order chi connectivity index (χ0) is 13.7. The molecule has 4 rings (SSSR count). The Labute approximate surface area is 133 Å². The van der Waals surface area contributed by atoms with E-state index in [2.05, 4.69) is 24.1 Å². The van der Waals surface area contributed by atoms with Crippen molar-refractivity contribution in [1.82, 2.24) is 4.90 Å². The summed E-state index contributed by atoms with van der Waals surface area (Å²) in [5, 5.41) is 0. The predicted molar refractivity (Wildman–Crippen MR) is 85.8 cm³/mol. The fourth-order valence-electron chi connectivity index (χ4n) is 4.79. The standard InChI is InChI=1S/C17H23NO2.ClH/c1-18-10-9-17-12(11-18)5-3-8-15(17)20-16-13(17)6-4-7-14(16)19-2;/h4,6-7,12,15H,3,5,8-11H2,1-2H3;1H/t12-,15-,17-;/m0./s1. The fraction of sp³-hybridized carbons (Fsp3) is 0.647. The Kier molecular flexibility index (Phi) is 3.83. The van der Waals surface area contributed by atoms with Crippen LogP contribution >= 0.6 is 12.4 Å². The number of benzene rings is 1. The van der Waals surface area contributed by atoms with Crippen LogP contribution in [0.25, 0.3) is 0 Å². The van der Waals surface area contributed by atoms with Crippen LogP contribution in [0.2, 0.25) is 0 Å². The summed E-state index contributed by atoms with van der Waals surface area (Å²) < 4.78 is 11.9. The lowest BCUT2D eigenvalue weighted by atomic mass is 9.58. The molecule has 0 N–H and O–H groups in total. The minimum absolute atomic E-state index is 0. The second-order valence-electron chi connectivity index (χ2n) is 6.62. The van der Waals surface area contributed by atoms with Gasteiger partial charge in [0.25, 0.3) is 0 Å². The molecule has 0 radical (unpaired) electrons. The number of halogens is 1. The molecule has 3 aliphatic rings. The Morgan fingerprint density at radius 3 is 3.00 bits per heavy atom. The van der Waals surface area contributed by atoms with Crippen molar-refractivity contribution >= 4 is 12.4 Å². The lowest BCUT2D eigenvalue weighted by molar-refractivity contribution is -0.000159. The van der Waals surface area contributed by atoms with E-state index in [1.54, 1.807) is 7.11 Å². The first-order valence-electron chi connectivity index (χ1n) is 7.78. The smallest absolute Gasteiger partial charge is 0.165 e. The average Bonchev–Trinajstić information content (AvgIpc) is 2.80. The molecule has 1 aliphatic carbocycles. The fourth-order valence-corrected chi connectivity index (χ4v) is 4.79. The summed E-state index contributed by atoms with van der Waals surface area (Å²) >= 11 is 0. The molecule has 3 nitrogen and oxygen atoms in total. The largest absolute Gasteiger partial charge is 0.493 e. The van der Waals surface area contributed by atoms with Crippen LogP contribution in [0.3, 0.4) is 0 Å². The van der Waals surface area contributed by atoms with E-state index in [0.717, 1.165) is 17.4 Å². The molecule has 3 atom stereocenters. The minimum atomic E-state index is 0. The molecule has 2 aliphatic heterocycles. The summed E-state index contributed by atoms with van der Waals surface area (Å²) in [6.45, 7) is 2.38. The molecule has 0 amide bonds. The van der Waals surface area contributed by atoms with Crippen LogP contribution in [-0.2, 0) is 5.41 Å². The van der Waals surface area contributed by atoms with Gasteiger partial charge in [0.2, 0.25) is 0 Å². The highest BCUT2D eigenvalue weighted by Gasteiger charge is 2.57. The zero-order valence-corrected chi connectivity index (χ0v) is 13.6. The zero-order valence-electron chi connectivity index (χ0n) is 12.8. The highest BCUT2D eigenvalue weighted by Crippen LogP contribution is 2.58. The van der Waals surface area contributed by atoms with Crippen molar-refractivity contribution in [2.45, 2.75) is 37.2 Å². The number of likely N-dealkylation sites (tertiary alicyclic amines) is 1. The molecular formula is C17H24ClNO2. The van der Waals surface area contributed by atoms with Gasteiger partial charge in [0.05, 0.1) is 7.11 Å². The van der Waals surface area contributed by atoms with Crippen LogP contribution < -0.4 is 9.47 Å². The molecule has 21 heavy (non-hydrogen) atoms. The third-order valence-electron chi connectivity index (χ3n) is 5.72. The molecule has 0 bridgehead atoms. The third-order valence-corrected chi connectivity index (χ3v) is 5.72. The van der Waals surface area contributed by atoms with Gasteiger partial charge in [-0.15, -0.1) is 12.4 Å². The van der Waals surface area contributed by atoms with E-state index >= 15 is 0 Å². The molecule has 1 saturated heterocycles. The molecule has 0 aromatic heterocycles. The van der Waals surface area contributed by atoms with Gasteiger partial charge in [0.15, 0.2) is 11.5 Å². The van der Waals surface area contributed by atoms with Crippen molar-refractivity contribution in [2.24, 2.45) is 5.92 Å². The van der Waals surface area contributed by atoms with Crippen LogP contribution in [0.4, 0.5) is 0 Å². The first kappa shape index (κ1) is 15.0. The number of hydrogen-bond acceptors (Lipinski definition) is 3. The maximum atomic E-state index is 6.38. The maximum Gasteiger partial charge on any atom is 0.165 e. The molecule has 1 aromatic carbocycles. The van der Waals surface area contributed by atoms with Crippen molar-refractivity contribution < 1.29 is 9.47 Å². The van der Waals surface area contributed by atoms with E-state index in [-0.39, 0.29) is 17.8 Å². The summed E-state index contributed by atoms with van der Waals surface area (Å²) in [4.78, 5) is 2.48. The Balaban J connectivity index is 0.00000132. The van der Waals surface area contributed by atoms with Crippen molar-refractivity contribution in [2.75, 3.05) is 27.2 Å². The number of para-hydroxylation sites is 1. The molecule has 2 heterocycles. The van der Waals surface area contributed by atoms with Gasteiger partial charge in [-0.2, -0.15) is 0 Å². The number of ether oxygens (including phenoxy) is 2. The van der Waals surface area contributed by atoms with E-state index < -0.39 is 0 Å². The number of fused-ring (bicyclic) bond motifs is 1. The number of methoxy groups -OCH3 is 1. The van der Waals surface area contributed by atoms with Gasteiger partial charge >= 0.3 is 0 Å². The Morgan fingerprint density at radius 2 is 2.19 bits per heavy atom. The SMILES string of the molecule is COc1cccc2c1O[C@H]1CCC[C@H]3CN(C)CC[C@@]231.Cl. The number of nitrogens with zero attached hydrogens (tertiary/aromatic N) is 1. The molecule has 1 saturated carbocycles. The van der Waals surface area contributed by atoms with Crippen molar-refractivity contribution in [3.8, 4) is 11.5 Å². The monoisotopic (exact) mass is 309 g/mol. The Bertz CT molecular complexity index is 536. The molecule has 0 unspecified atom stereocenters. The molecule has 4 heteroatoms. The summed E-state index contributed by atoms with van der Waals surface area (Å²) in [6, 6.07) is 6.43. The topological polar surface area (TPSA) is 21.7 Å². The van der Waals surface area contributed by atoms with E-state index in [0.29, 0.717) is 6.10 Å². The van der Waals surface area contributed by atoms with Gasteiger partial charge in [-0.1, -0.05) is 12.1 Å². The van der Waals surface area contributed by atoms with E-state index in [1.165, 1.54) is 44.3 Å². The van der Waals surface area contributed by atoms with Crippen molar-refractivity contribution in [1.29, 1.82) is 0 Å².